The lowest BCUT2D eigenvalue weighted by Crippen LogP contribution is -2.53. The van der Waals surface area contributed by atoms with Gasteiger partial charge in [0.15, 0.2) is 0 Å². The Morgan fingerprint density at radius 1 is 1.00 bits per heavy atom. The van der Waals surface area contributed by atoms with E-state index in [1.165, 1.54) is 16.3 Å². The number of rotatable bonds is 8. The molecule has 2 fully saturated rings. The van der Waals surface area contributed by atoms with E-state index < -0.39 is 12.2 Å². The Morgan fingerprint density at radius 2 is 1.83 bits per heavy atom. The summed E-state index contributed by atoms with van der Waals surface area (Å²) in [7, 11) is 0. The highest BCUT2D eigenvalue weighted by Crippen LogP contribution is 2.38. The van der Waals surface area contributed by atoms with E-state index in [0.717, 1.165) is 62.3 Å². The molecule has 0 spiro atoms. The maximum absolute atomic E-state index is 10.8. The summed E-state index contributed by atoms with van der Waals surface area (Å²) >= 11 is 0. The molecule has 2 aromatic heterocycles. The van der Waals surface area contributed by atoms with Gasteiger partial charge in [-0.25, -0.2) is 9.97 Å². The van der Waals surface area contributed by atoms with Gasteiger partial charge in [-0.2, -0.15) is 0 Å². The number of fused-ring (bicyclic) bond motifs is 2. The molecule has 7 heteroatoms. The second-order valence-electron chi connectivity index (χ2n) is 10.7. The third kappa shape index (κ3) is 4.52. The third-order valence-corrected chi connectivity index (χ3v) is 8.20. The number of hydrogen-bond acceptors (Lipinski definition) is 6. The van der Waals surface area contributed by atoms with Gasteiger partial charge in [0, 0.05) is 43.7 Å². The van der Waals surface area contributed by atoms with Crippen LogP contribution in [0, 0.1) is 18.8 Å². The molecule has 7 nitrogen and oxygen atoms in total. The van der Waals surface area contributed by atoms with Crippen LogP contribution in [0.1, 0.15) is 23.7 Å². The molecule has 6 rings (SSSR count). The van der Waals surface area contributed by atoms with Crippen molar-refractivity contribution in [2.75, 3.05) is 32.7 Å². The molecule has 3 N–H and O–H groups in total. The number of aromatic nitrogens is 3. The predicted molar refractivity (Wildman–Crippen MR) is 142 cm³/mol. The minimum Gasteiger partial charge on any atom is -0.390 e. The van der Waals surface area contributed by atoms with E-state index in [0.29, 0.717) is 5.92 Å². The summed E-state index contributed by atoms with van der Waals surface area (Å²) in [5, 5.41) is 28.9. The average Bonchev–Trinajstić information content (AvgIpc) is 3.42. The van der Waals surface area contributed by atoms with Crippen molar-refractivity contribution in [3.63, 3.8) is 0 Å². The second-order valence-corrected chi connectivity index (χ2v) is 10.7. The zero-order valence-electron chi connectivity index (χ0n) is 20.8. The SMILES string of the molecule is Cc1ncnc2c1ccn2[C@@H]1C[C@H](CN2CC(CNCCc3ccc4ccccc4c3)C2)[C@@H](O)[C@H]1O. The van der Waals surface area contributed by atoms with Crippen molar-refractivity contribution < 1.29 is 10.2 Å². The third-order valence-electron chi connectivity index (χ3n) is 8.20. The van der Waals surface area contributed by atoms with Crippen molar-refractivity contribution in [3.8, 4) is 0 Å². The molecule has 2 aromatic carbocycles. The summed E-state index contributed by atoms with van der Waals surface area (Å²) < 4.78 is 2.02. The van der Waals surface area contributed by atoms with Crippen molar-refractivity contribution in [2.24, 2.45) is 11.8 Å². The standard InChI is InChI=1S/C29H35N5O2/c1-19-25-9-11-34(29(25)32-18-31-19)26-13-24(27(35)28(26)36)17-33-15-21(16-33)14-30-10-8-20-6-7-22-4-2-3-5-23(22)12-20/h2-7,9,11-12,18,21,24,26-28,30,35-36H,8,10,13-17H2,1H3/t24-,26-,27-,28+/m1/s1. The van der Waals surface area contributed by atoms with Gasteiger partial charge in [-0.15, -0.1) is 0 Å². The molecular formula is C29H35N5O2. The van der Waals surface area contributed by atoms with Crippen molar-refractivity contribution >= 4 is 21.8 Å². The first-order chi connectivity index (χ1) is 17.6. The molecule has 36 heavy (non-hydrogen) atoms. The van der Waals surface area contributed by atoms with E-state index in [2.05, 4.69) is 62.6 Å². The van der Waals surface area contributed by atoms with Gasteiger partial charge in [-0.3, -0.25) is 0 Å². The molecule has 0 amide bonds. The lowest BCUT2D eigenvalue weighted by Gasteiger charge is -2.41. The lowest BCUT2D eigenvalue weighted by atomic mass is 9.96. The molecule has 1 saturated carbocycles. The topological polar surface area (TPSA) is 86.4 Å². The van der Waals surface area contributed by atoms with Crippen LogP contribution in [-0.4, -0.2) is 74.6 Å². The molecule has 2 aliphatic rings. The first-order valence-electron chi connectivity index (χ1n) is 13.1. The fourth-order valence-electron chi connectivity index (χ4n) is 6.14. The van der Waals surface area contributed by atoms with Gasteiger partial charge in [0.05, 0.1) is 17.8 Å². The number of aliphatic hydroxyl groups is 2. The Labute approximate surface area is 211 Å². The van der Waals surface area contributed by atoms with E-state index >= 15 is 0 Å². The van der Waals surface area contributed by atoms with Gasteiger partial charge < -0.3 is 25.0 Å². The first-order valence-corrected chi connectivity index (χ1v) is 13.1. The van der Waals surface area contributed by atoms with Crippen LogP contribution >= 0.6 is 0 Å². The molecular weight excluding hydrogens is 450 g/mol. The van der Waals surface area contributed by atoms with E-state index in [9.17, 15) is 10.2 Å². The molecule has 4 atom stereocenters. The van der Waals surface area contributed by atoms with Crippen LogP contribution in [0.2, 0.25) is 0 Å². The van der Waals surface area contributed by atoms with E-state index in [1.807, 2.05) is 23.8 Å². The summed E-state index contributed by atoms with van der Waals surface area (Å²) in [6.45, 7) is 6.90. The van der Waals surface area contributed by atoms with E-state index in [4.69, 9.17) is 0 Å². The Kier molecular flexibility index (Phi) is 6.48. The summed E-state index contributed by atoms with van der Waals surface area (Å²) in [4.78, 5) is 11.1. The van der Waals surface area contributed by atoms with Crippen molar-refractivity contribution in [1.82, 2.24) is 24.8 Å². The van der Waals surface area contributed by atoms with Gasteiger partial charge >= 0.3 is 0 Å². The quantitative estimate of drug-likeness (QED) is 0.333. The Morgan fingerprint density at radius 3 is 2.69 bits per heavy atom. The smallest absolute Gasteiger partial charge is 0.143 e. The second kappa shape index (κ2) is 9.90. The van der Waals surface area contributed by atoms with Crippen molar-refractivity contribution in [2.45, 2.75) is 38.0 Å². The van der Waals surface area contributed by atoms with Crippen LogP contribution in [0.25, 0.3) is 21.8 Å². The van der Waals surface area contributed by atoms with Gasteiger partial charge in [0.2, 0.25) is 0 Å². The number of likely N-dealkylation sites (tertiary alicyclic amines) is 1. The maximum Gasteiger partial charge on any atom is 0.143 e. The molecule has 1 saturated heterocycles. The summed E-state index contributed by atoms with van der Waals surface area (Å²) in [6.07, 6.45) is 3.83. The zero-order chi connectivity index (χ0) is 24.6. The number of hydrogen-bond donors (Lipinski definition) is 3. The van der Waals surface area contributed by atoms with Crippen LogP contribution in [0.15, 0.2) is 61.1 Å². The fraction of sp³-hybridized carbons (Fsp3) is 0.448. The highest BCUT2D eigenvalue weighted by molar-refractivity contribution is 5.83. The van der Waals surface area contributed by atoms with E-state index in [1.54, 1.807) is 6.33 Å². The number of benzene rings is 2. The number of nitrogens with one attached hydrogen (secondary N) is 1. The van der Waals surface area contributed by atoms with Crippen molar-refractivity contribution in [3.05, 3.63) is 72.3 Å². The van der Waals surface area contributed by atoms with Gasteiger partial charge in [0.25, 0.3) is 0 Å². The first kappa shape index (κ1) is 23.6. The monoisotopic (exact) mass is 485 g/mol. The molecule has 0 radical (unpaired) electrons. The molecule has 3 heterocycles. The highest BCUT2D eigenvalue weighted by atomic mass is 16.3. The van der Waals surface area contributed by atoms with Gasteiger partial charge in [0.1, 0.15) is 18.1 Å². The maximum atomic E-state index is 10.8. The van der Waals surface area contributed by atoms with Crippen LogP contribution in [0.3, 0.4) is 0 Å². The lowest BCUT2D eigenvalue weighted by molar-refractivity contribution is -0.0103. The summed E-state index contributed by atoms with van der Waals surface area (Å²) in [6, 6.07) is 17.1. The number of aliphatic hydroxyl groups excluding tert-OH is 2. The molecule has 1 aliphatic carbocycles. The highest BCUT2D eigenvalue weighted by Gasteiger charge is 2.44. The van der Waals surface area contributed by atoms with Crippen LogP contribution in [0.5, 0.6) is 0 Å². The summed E-state index contributed by atoms with van der Waals surface area (Å²) in [5.74, 6) is 0.709. The normalized spacial score (nSPS) is 25.1. The van der Waals surface area contributed by atoms with E-state index in [-0.39, 0.29) is 12.0 Å². The van der Waals surface area contributed by atoms with Gasteiger partial charge in [-0.05, 0) is 54.6 Å². The minimum absolute atomic E-state index is 0.0622. The Bertz CT molecular complexity index is 1350. The molecule has 1 aliphatic heterocycles. The molecule has 0 unspecified atom stereocenters. The average molecular weight is 486 g/mol. The predicted octanol–water partition coefficient (Wildman–Crippen LogP) is 2.94. The molecule has 188 valence electrons. The van der Waals surface area contributed by atoms with Crippen LogP contribution < -0.4 is 5.32 Å². The van der Waals surface area contributed by atoms with Crippen LogP contribution in [0.4, 0.5) is 0 Å². The molecule has 0 bridgehead atoms. The largest absolute Gasteiger partial charge is 0.390 e. The fourth-order valence-corrected chi connectivity index (χ4v) is 6.14. The molecule has 4 aromatic rings. The van der Waals surface area contributed by atoms with Gasteiger partial charge in [-0.1, -0.05) is 42.5 Å². The summed E-state index contributed by atoms with van der Waals surface area (Å²) in [5.41, 5.74) is 3.14. The Hall–Kier alpha value is -2.84. The zero-order valence-corrected chi connectivity index (χ0v) is 20.8. The van der Waals surface area contributed by atoms with Crippen LogP contribution in [-0.2, 0) is 6.42 Å². The number of nitrogens with zero attached hydrogens (tertiary/aromatic N) is 4. The minimum atomic E-state index is -0.783. The Balaban J connectivity index is 0.959. The number of aryl methyl sites for hydroxylation is 1. The van der Waals surface area contributed by atoms with Crippen molar-refractivity contribution in [1.29, 1.82) is 0 Å².